The predicted octanol–water partition coefficient (Wildman–Crippen LogP) is 0.108. The number of nitrogens with one attached hydrogen (secondary N) is 1. The van der Waals surface area contributed by atoms with Crippen LogP contribution in [0.15, 0.2) is 0 Å². The highest BCUT2D eigenvalue weighted by atomic mass is 16.4. The van der Waals surface area contributed by atoms with Gasteiger partial charge in [-0.1, -0.05) is 0 Å². The number of carboxylic acids is 2. The standard InChI is InChI=1S/C13H22N2O6/c16-8-9-3-2-6-15(7-9)13(21)14-10(12(19)20)4-1-5-11(17)18/h9-10,16H,1-8H2,(H,14,21)(H,17,18)(H,19,20)/t9?,10-/m1/s1. The number of aliphatic hydroxyl groups is 1. The Bertz CT molecular complexity index is 387. The number of aliphatic carboxylic acids is 2. The van der Waals surface area contributed by atoms with Crippen LogP contribution in [0, 0.1) is 5.92 Å². The molecule has 21 heavy (non-hydrogen) atoms. The zero-order valence-corrected chi connectivity index (χ0v) is 11.8. The van der Waals surface area contributed by atoms with Gasteiger partial charge < -0.3 is 25.5 Å². The van der Waals surface area contributed by atoms with E-state index in [0.717, 1.165) is 12.8 Å². The molecule has 2 amide bonds. The molecule has 0 bridgehead atoms. The number of nitrogens with zero attached hydrogens (tertiary/aromatic N) is 1. The number of carbonyl (C=O) groups excluding carboxylic acids is 1. The summed E-state index contributed by atoms with van der Waals surface area (Å²) in [5, 5.41) is 29.1. The molecular formula is C13H22N2O6. The number of aliphatic hydroxyl groups excluding tert-OH is 1. The lowest BCUT2D eigenvalue weighted by Gasteiger charge is -2.32. The number of piperidine rings is 1. The van der Waals surface area contributed by atoms with Gasteiger partial charge in [-0.25, -0.2) is 9.59 Å². The summed E-state index contributed by atoms with van der Waals surface area (Å²) in [4.78, 5) is 35.0. The summed E-state index contributed by atoms with van der Waals surface area (Å²) >= 11 is 0. The van der Waals surface area contributed by atoms with Crippen molar-refractivity contribution >= 4 is 18.0 Å². The van der Waals surface area contributed by atoms with Gasteiger partial charge in [0.05, 0.1) is 0 Å². The molecule has 0 radical (unpaired) electrons. The Morgan fingerprint density at radius 1 is 1.29 bits per heavy atom. The topological polar surface area (TPSA) is 127 Å². The van der Waals surface area contributed by atoms with E-state index >= 15 is 0 Å². The van der Waals surface area contributed by atoms with E-state index in [4.69, 9.17) is 15.3 Å². The number of carbonyl (C=O) groups is 3. The van der Waals surface area contributed by atoms with E-state index in [1.54, 1.807) is 0 Å². The zero-order valence-electron chi connectivity index (χ0n) is 11.8. The van der Waals surface area contributed by atoms with Crippen molar-refractivity contribution in [2.75, 3.05) is 19.7 Å². The van der Waals surface area contributed by atoms with Crippen molar-refractivity contribution in [3.63, 3.8) is 0 Å². The minimum atomic E-state index is -1.18. The van der Waals surface area contributed by atoms with Crippen molar-refractivity contribution in [1.29, 1.82) is 0 Å². The number of rotatable bonds is 7. The highest BCUT2D eigenvalue weighted by molar-refractivity contribution is 5.82. The molecule has 1 saturated heterocycles. The Balaban J connectivity index is 2.47. The number of likely N-dealkylation sites (tertiary alicyclic amines) is 1. The number of hydrogen-bond acceptors (Lipinski definition) is 4. The van der Waals surface area contributed by atoms with E-state index < -0.39 is 24.0 Å². The molecule has 1 heterocycles. The third kappa shape index (κ3) is 5.99. The van der Waals surface area contributed by atoms with Crippen LogP contribution in [0.1, 0.15) is 32.1 Å². The van der Waals surface area contributed by atoms with Gasteiger partial charge in [0.2, 0.25) is 0 Å². The summed E-state index contributed by atoms with van der Waals surface area (Å²) in [7, 11) is 0. The first kappa shape index (κ1) is 17.2. The molecule has 0 saturated carbocycles. The second-order valence-corrected chi connectivity index (χ2v) is 5.26. The van der Waals surface area contributed by atoms with Crippen molar-refractivity contribution < 1.29 is 29.7 Å². The molecule has 1 rings (SSSR count). The van der Waals surface area contributed by atoms with Crippen molar-refractivity contribution in [2.24, 2.45) is 5.92 Å². The van der Waals surface area contributed by atoms with Crippen molar-refractivity contribution in [3.8, 4) is 0 Å². The molecule has 4 N–H and O–H groups in total. The fourth-order valence-corrected chi connectivity index (χ4v) is 2.35. The first-order chi connectivity index (χ1) is 9.93. The fourth-order valence-electron chi connectivity index (χ4n) is 2.35. The quantitative estimate of drug-likeness (QED) is 0.528. The molecule has 0 aromatic heterocycles. The molecule has 0 aromatic carbocycles. The van der Waals surface area contributed by atoms with Crippen LogP contribution < -0.4 is 5.32 Å². The summed E-state index contributed by atoms with van der Waals surface area (Å²) in [5.41, 5.74) is 0. The first-order valence-corrected chi connectivity index (χ1v) is 7.05. The molecule has 1 unspecified atom stereocenters. The molecule has 8 nitrogen and oxygen atoms in total. The van der Waals surface area contributed by atoms with E-state index in [-0.39, 0.29) is 31.8 Å². The second-order valence-electron chi connectivity index (χ2n) is 5.26. The SMILES string of the molecule is O=C(O)CCC[C@@H](NC(=O)N1CCCC(CO)C1)C(=O)O. The van der Waals surface area contributed by atoms with E-state index in [9.17, 15) is 14.4 Å². The Morgan fingerprint density at radius 2 is 2.00 bits per heavy atom. The molecule has 0 aliphatic carbocycles. The molecular weight excluding hydrogens is 280 g/mol. The average molecular weight is 302 g/mol. The first-order valence-electron chi connectivity index (χ1n) is 7.05. The lowest BCUT2D eigenvalue weighted by atomic mass is 9.99. The van der Waals surface area contributed by atoms with Crippen molar-refractivity contribution in [3.05, 3.63) is 0 Å². The van der Waals surface area contributed by atoms with Crippen LogP contribution in [0.4, 0.5) is 4.79 Å². The monoisotopic (exact) mass is 302 g/mol. The van der Waals surface area contributed by atoms with Gasteiger partial charge >= 0.3 is 18.0 Å². The maximum atomic E-state index is 12.0. The Hall–Kier alpha value is -1.83. The van der Waals surface area contributed by atoms with E-state index in [2.05, 4.69) is 5.32 Å². The maximum absolute atomic E-state index is 12.0. The normalized spacial score (nSPS) is 19.9. The maximum Gasteiger partial charge on any atom is 0.326 e. The van der Waals surface area contributed by atoms with Crippen LogP contribution >= 0.6 is 0 Å². The lowest BCUT2D eigenvalue weighted by Crippen LogP contribution is -2.51. The summed E-state index contributed by atoms with van der Waals surface area (Å²) < 4.78 is 0. The molecule has 0 spiro atoms. The number of urea groups is 1. The fraction of sp³-hybridized carbons (Fsp3) is 0.769. The minimum absolute atomic E-state index is 0.00471. The highest BCUT2D eigenvalue weighted by Crippen LogP contribution is 2.16. The third-order valence-electron chi connectivity index (χ3n) is 3.54. The molecule has 120 valence electrons. The zero-order chi connectivity index (χ0) is 15.8. The van der Waals surface area contributed by atoms with Gasteiger partial charge in [0.25, 0.3) is 0 Å². The van der Waals surface area contributed by atoms with Gasteiger partial charge in [0.15, 0.2) is 0 Å². The molecule has 1 aliphatic heterocycles. The average Bonchev–Trinajstić information content (AvgIpc) is 2.45. The summed E-state index contributed by atoms with van der Waals surface area (Å²) in [6, 6.07) is -1.57. The van der Waals surface area contributed by atoms with Crippen LogP contribution in [0.2, 0.25) is 0 Å². The van der Waals surface area contributed by atoms with Gasteiger partial charge in [0.1, 0.15) is 6.04 Å². The van der Waals surface area contributed by atoms with Gasteiger partial charge in [-0.3, -0.25) is 4.79 Å². The van der Waals surface area contributed by atoms with Crippen molar-refractivity contribution in [1.82, 2.24) is 10.2 Å². The van der Waals surface area contributed by atoms with E-state index in [1.807, 2.05) is 0 Å². The van der Waals surface area contributed by atoms with E-state index in [1.165, 1.54) is 4.90 Å². The molecule has 1 aliphatic rings. The van der Waals surface area contributed by atoms with Gasteiger partial charge in [-0.2, -0.15) is 0 Å². The molecule has 0 aromatic rings. The highest BCUT2D eigenvalue weighted by Gasteiger charge is 2.27. The summed E-state index contributed by atoms with van der Waals surface area (Å²) in [5.74, 6) is -2.14. The number of hydrogen-bond donors (Lipinski definition) is 4. The van der Waals surface area contributed by atoms with Crippen LogP contribution in [-0.4, -0.2) is 63.9 Å². The van der Waals surface area contributed by atoms with Crippen LogP contribution in [0.3, 0.4) is 0 Å². The molecule has 2 atom stereocenters. The lowest BCUT2D eigenvalue weighted by molar-refractivity contribution is -0.140. The Labute approximate surface area is 122 Å². The van der Waals surface area contributed by atoms with Gasteiger partial charge in [-0.15, -0.1) is 0 Å². The minimum Gasteiger partial charge on any atom is -0.481 e. The van der Waals surface area contributed by atoms with Gasteiger partial charge in [0, 0.05) is 26.1 Å². The molecule has 8 heteroatoms. The smallest absolute Gasteiger partial charge is 0.326 e. The number of amides is 2. The van der Waals surface area contributed by atoms with Gasteiger partial charge in [-0.05, 0) is 31.6 Å². The number of carboxylic acid groups (broad SMARTS) is 2. The Morgan fingerprint density at radius 3 is 2.57 bits per heavy atom. The summed E-state index contributed by atoms with van der Waals surface area (Å²) in [6.07, 6.45) is 1.75. The van der Waals surface area contributed by atoms with Crippen LogP contribution in [0.25, 0.3) is 0 Å². The van der Waals surface area contributed by atoms with Crippen LogP contribution in [0.5, 0.6) is 0 Å². The van der Waals surface area contributed by atoms with E-state index in [0.29, 0.717) is 13.1 Å². The molecule has 1 fully saturated rings. The van der Waals surface area contributed by atoms with Crippen LogP contribution in [-0.2, 0) is 9.59 Å². The Kier molecular flexibility index (Phi) is 6.93. The summed E-state index contributed by atoms with van der Waals surface area (Å²) in [6.45, 7) is 0.943. The second kappa shape index (κ2) is 8.46. The van der Waals surface area contributed by atoms with Crippen molar-refractivity contribution in [2.45, 2.75) is 38.1 Å². The third-order valence-corrected chi connectivity index (χ3v) is 3.54. The largest absolute Gasteiger partial charge is 0.481 e. The predicted molar refractivity (Wildman–Crippen MR) is 72.8 cm³/mol.